The minimum absolute atomic E-state index is 0.0607. The number of imide groups is 1. The van der Waals surface area contributed by atoms with Gasteiger partial charge in [-0.2, -0.15) is 0 Å². The van der Waals surface area contributed by atoms with Crippen molar-refractivity contribution in [1.29, 1.82) is 0 Å². The van der Waals surface area contributed by atoms with Gasteiger partial charge in [0.05, 0.1) is 34.3 Å². The zero-order chi connectivity index (χ0) is 22.9. The lowest BCUT2D eigenvalue weighted by Gasteiger charge is -2.29. The highest BCUT2D eigenvalue weighted by molar-refractivity contribution is 6.22. The van der Waals surface area contributed by atoms with E-state index < -0.39 is 5.97 Å². The van der Waals surface area contributed by atoms with Gasteiger partial charge in [0.15, 0.2) is 0 Å². The first-order valence-electron chi connectivity index (χ1n) is 11.4. The summed E-state index contributed by atoms with van der Waals surface area (Å²) >= 11 is 0. The van der Waals surface area contributed by atoms with E-state index in [9.17, 15) is 19.2 Å². The number of aryl methyl sites for hydroxylation is 1. The number of carbonyl (C=O) groups excluding carboxylic acids is 3. The average molecular weight is 447 g/mol. The summed E-state index contributed by atoms with van der Waals surface area (Å²) in [7, 11) is 0. The van der Waals surface area contributed by atoms with Crippen LogP contribution in [0.1, 0.15) is 69.6 Å². The van der Waals surface area contributed by atoms with Gasteiger partial charge in [0.25, 0.3) is 11.8 Å². The maximum Gasteiger partial charge on any atom is 0.338 e. The molecule has 5 rings (SSSR count). The third kappa shape index (κ3) is 3.86. The van der Waals surface area contributed by atoms with Crippen LogP contribution in [0.4, 0.5) is 0 Å². The van der Waals surface area contributed by atoms with Crippen LogP contribution in [-0.2, 0) is 11.3 Å². The molecule has 3 aromatic rings. The van der Waals surface area contributed by atoms with Gasteiger partial charge in [0.1, 0.15) is 0 Å². The van der Waals surface area contributed by atoms with Crippen LogP contribution in [0.2, 0.25) is 0 Å². The van der Waals surface area contributed by atoms with Crippen LogP contribution < -0.4 is 5.69 Å². The number of para-hydroxylation sites is 2. The first-order chi connectivity index (χ1) is 16.0. The molecule has 2 amide bonds. The molecule has 0 atom stereocenters. The monoisotopic (exact) mass is 447 g/mol. The second-order valence-corrected chi connectivity index (χ2v) is 8.62. The second-order valence-electron chi connectivity index (χ2n) is 8.62. The third-order valence-corrected chi connectivity index (χ3v) is 6.53. The Morgan fingerprint density at radius 2 is 1.73 bits per heavy atom. The molecule has 170 valence electrons. The molecule has 8 nitrogen and oxygen atoms in total. The number of nitrogens with one attached hydrogen (secondary N) is 1. The Morgan fingerprint density at radius 3 is 2.55 bits per heavy atom. The zero-order valence-corrected chi connectivity index (χ0v) is 18.2. The highest BCUT2D eigenvalue weighted by atomic mass is 16.5. The molecule has 8 heteroatoms. The molecule has 0 spiro atoms. The van der Waals surface area contributed by atoms with Crippen molar-refractivity contribution in [2.24, 2.45) is 0 Å². The quantitative estimate of drug-likeness (QED) is 0.354. The maximum atomic E-state index is 12.9. The van der Waals surface area contributed by atoms with Crippen LogP contribution in [0, 0.1) is 0 Å². The number of carbonyl (C=O) groups is 3. The SMILES string of the molecule is O=C(OCCCn1c(=O)[nH]c2ccccc21)c1ccc2c(c1)C(=O)N(C1CCCCC1)C2=O. The Kier molecular flexibility index (Phi) is 5.58. The Morgan fingerprint density at radius 1 is 0.970 bits per heavy atom. The molecule has 2 aliphatic rings. The van der Waals surface area contributed by atoms with Crippen molar-refractivity contribution in [2.75, 3.05) is 6.61 Å². The van der Waals surface area contributed by atoms with Crippen LogP contribution in [0.5, 0.6) is 0 Å². The van der Waals surface area contributed by atoms with E-state index in [2.05, 4.69) is 4.98 Å². The number of fused-ring (bicyclic) bond motifs is 2. The van der Waals surface area contributed by atoms with Crippen molar-refractivity contribution >= 4 is 28.8 Å². The lowest BCUT2D eigenvalue weighted by molar-refractivity contribution is 0.0494. The van der Waals surface area contributed by atoms with E-state index in [1.165, 1.54) is 17.0 Å². The normalized spacial score (nSPS) is 16.4. The first-order valence-corrected chi connectivity index (χ1v) is 11.4. The number of esters is 1. The summed E-state index contributed by atoms with van der Waals surface area (Å²) in [6, 6.07) is 11.9. The van der Waals surface area contributed by atoms with Gasteiger partial charge in [0, 0.05) is 12.6 Å². The van der Waals surface area contributed by atoms with Crippen LogP contribution in [0.3, 0.4) is 0 Å². The third-order valence-electron chi connectivity index (χ3n) is 6.53. The smallest absolute Gasteiger partial charge is 0.338 e. The zero-order valence-electron chi connectivity index (χ0n) is 18.2. The highest BCUT2D eigenvalue weighted by Crippen LogP contribution is 2.31. The van der Waals surface area contributed by atoms with E-state index in [1.54, 1.807) is 10.6 Å². The van der Waals surface area contributed by atoms with Crippen molar-refractivity contribution in [2.45, 2.75) is 51.1 Å². The fourth-order valence-electron chi connectivity index (χ4n) is 4.86. The maximum absolute atomic E-state index is 12.9. The van der Waals surface area contributed by atoms with Crippen LogP contribution >= 0.6 is 0 Å². The number of ether oxygens (including phenoxy) is 1. The number of benzene rings is 2. The minimum Gasteiger partial charge on any atom is -0.462 e. The number of hydrogen-bond donors (Lipinski definition) is 1. The Labute approximate surface area is 190 Å². The van der Waals surface area contributed by atoms with E-state index in [1.807, 2.05) is 24.3 Å². The highest BCUT2D eigenvalue weighted by Gasteiger charge is 2.40. The van der Waals surface area contributed by atoms with Crippen molar-refractivity contribution in [1.82, 2.24) is 14.5 Å². The lowest BCUT2D eigenvalue weighted by atomic mass is 9.94. The summed E-state index contributed by atoms with van der Waals surface area (Å²) in [6.07, 6.45) is 5.29. The molecule has 2 heterocycles. The van der Waals surface area contributed by atoms with E-state index >= 15 is 0 Å². The molecule has 1 aliphatic heterocycles. The Bertz CT molecular complexity index is 1300. The average Bonchev–Trinajstić information content (AvgIpc) is 3.29. The van der Waals surface area contributed by atoms with Crippen molar-refractivity contribution in [3.63, 3.8) is 0 Å². The number of nitrogens with zero attached hydrogens (tertiary/aromatic N) is 2. The summed E-state index contributed by atoms with van der Waals surface area (Å²) < 4.78 is 6.98. The summed E-state index contributed by atoms with van der Waals surface area (Å²) in [4.78, 5) is 54.6. The van der Waals surface area contributed by atoms with Crippen molar-refractivity contribution in [3.05, 3.63) is 69.6 Å². The molecular weight excluding hydrogens is 422 g/mol. The number of amides is 2. The summed E-state index contributed by atoms with van der Waals surface area (Å²) in [6.45, 7) is 0.534. The van der Waals surface area contributed by atoms with Gasteiger partial charge in [-0.15, -0.1) is 0 Å². The van der Waals surface area contributed by atoms with Gasteiger partial charge in [0.2, 0.25) is 0 Å². The predicted molar refractivity (Wildman–Crippen MR) is 121 cm³/mol. The van der Waals surface area contributed by atoms with Gasteiger partial charge in [-0.25, -0.2) is 9.59 Å². The largest absolute Gasteiger partial charge is 0.462 e. The summed E-state index contributed by atoms with van der Waals surface area (Å²) in [5.74, 6) is -1.15. The van der Waals surface area contributed by atoms with E-state index in [4.69, 9.17) is 4.74 Å². The van der Waals surface area contributed by atoms with Crippen LogP contribution in [0.15, 0.2) is 47.3 Å². The van der Waals surface area contributed by atoms with E-state index in [-0.39, 0.29) is 41.3 Å². The molecule has 2 aromatic carbocycles. The number of H-pyrrole nitrogens is 1. The topological polar surface area (TPSA) is 101 Å². The molecule has 1 N–H and O–H groups in total. The minimum atomic E-state index is -0.555. The molecule has 33 heavy (non-hydrogen) atoms. The molecule has 0 saturated heterocycles. The van der Waals surface area contributed by atoms with E-state index in [0.717, 1.165) is 43.1 Å². The molecule has 1 aliphatic carbocycles. The fourth-order valence-corrected chi connectivity index (χ4v) is 4.86. The Hall–Kier alpha value is -3.68. The number of imidazole rings is 1. The number of rotatable bonds is 6. The molecular formula is C25H25N3O5. The fraction of sp³-hybridized carbons (Fsp3) is 0.360. The summed E-state index contributed by atoms with van der Waals surface area (Å²) in [5, 5.41) is 0. The van der Waals surface area contributed by atoms with Crippen LogP contribution in [0.25, 0.3) is 11.0 Å². The van der Waals surface area contributed by atoms with Gasteiger partial charge < -0.3 is 9.72 Å². The number of hydrogen-bond acceptors (Lipinski definition) is 5. The Balaban J connectivity index is 1.22. The van der Waals surface area contributed by atoms with Gasteiger partial charge in [-0.05, 0) is 49.6 Å². The molecule has 0 radical (unpaired) electrons. The standard InChI is InChI=1S/C25H25N3O5/c29-22-18-12-11-16(15-19(18)23(30)28(22)17-7-2-1-3-8-17)24(31)33-14-6-13-27-21-10-5-4-9-20(21)26-25(27)32/h4-5,9-12,15,17H,1-3,6-8,13-14H2,(H,26,32). The summed E-state index contributed by atoms with van der Waals surface area (Å²) in [5.41, 5.74) is 2.22. The first kappa shape index (κ1) is 21.2. The second kappa shape index (κ2) is 8.69. The van der Waals surface area contributed by atoms with Gasteiger partial charge in [-0.1, -0.05) is 31.4 Å². The van der Waals surface area contributed by atoms with Crippen LogP contribution in [-0.4, -0.2) is 44.9 Å². The molecule has 1 saturated carbocycles. The predicted octanol–water partition coefficient (Wildman–Crippen LogP) is 3.51. The van der Waals surface area contributed by atoms with Gasteiger partial charge >= 0.3 is 11.7 Å². The van der Waals surface area contributed by atoms with Crippen molar-refractivity contribution in [3.8, 4) is 0 Å². The molecule has 0 bridgehead atoms. The lowest BCUT2D eigenvalue weighted by Crippen LogP contribution is -2.40. The van der Waals surface area contributed by atoms with Gasteiger partial charge in [-0.3, -0.25) is 19.1 Å². The van der Waals surface area contributed by atoms with Crippen molar-refractivity contribution < 1.29 is 19.1 Å². The molecule has 0 unspecified atom stereocenters. The number of aromatic nitrogens is 2. The van der Waals surface area contributed by atoms with E-state index in [0.29, 0.717) is 18.5 Å². The molecule has 1 aromatic heterocycles. The number of aromatic amines is 1. The molecule has 1 fully saturated rings.